The zero-order chi connectivity index (χ0) is 11.4. The van der Waals surface area contributed by atoms with Crippen molar-refractivity contribution in [2.24, 2.45) is 5.73 Å². The van der Waals surface area contributed by atoms with E-state index in [1.54, 1.807) is 0 Å². The zero-order valence-corrected chi connectivity index (χ0v) is 10.4. The van der Waals surface area contributed by atoms with Crippen LogP contribution in [0, 0.1) is 13.8 Å². The van der Waals surface area contributed by atoms with Crippen molar-refractivity contribution < 1.29 is 4.79 Å². The van der Waals surface area contributed by atoms with Gasteiger partial charge in [-0.3, -0.25) is 0 Å². The quantitative estimate of drug-likeness (QED) is 0.788. The number of nitrogens with two attached hydrogens (primary N) is 1. The van der Waals surface area contributed by atoms with E-state index >= 15 is 0 Å². The average Bonchev–Trinajstić information content (AvgIpc) is 2.26. The summed E-state index contributed by atoms with van der Waals surface area (Å²) in [6, 6.07) is 8.36. The van der Waals surface area contributed by atoms with E-state index in [9.17, 15) is 0 Å². The van der Waals surface area contributed by atoms with E-state index < -0.39 is 0 Å². The molecule has 0 aliphatic heterocycles. The van der Waals surface area contributed by atoms with Crippen LogP contribution < -0.4 is 5.73 Å². The van der Waals surface area contributed by atoms with Gasteiger partial charge in [-0.1, -0.05) is 40.2 Å². The second-order valence-electron chi connectivity index (χ2n) is 2.56. The molecule has 0 unspecified atom stereocenters. The molecule has 0 saturated carbocycles. The Labute approximate surface area is 94.6 Å². The summed E-state index contributed by atoms with van der Waals surface area (Å²) >= 11 is 3.12. The number of hydrogen-bond donors (Lipinski definition) is 1. The number of carbonyl (C=O) groups is 1. The van der Waals surface area contributed by atoms with Gasteiger partial charge in [0.2, 0.25) is 0 Å². The molecule has 0 heterocycles. The summed E-state index contributed by atoms with van der Waals surface area (Å²) in [6.07, 6.45) is 0. The molecule has 0 amide bonds. The van der Waals surface area contributed by atoms with E-state index in [-0.39, 0.29) is 0 Å². The van der Waals surface area contributed by atoms with Crippen LogP contribution in [0.25, 0.3) is 0 Å². The molecule has 14 heavy (non-hydrogen) atoms. The first-order chi connectivity index (χ1) is 6.72. The highest BCUT2D eigenvalue weighted by atomic mass is 79.9. The molecule has 1 aromatic carbocycles. The topological polar surface area (TPSA) is 43.1 Å². The monoisotopic (exact) mass is 259 g/mol. The first-order valence-corrected chi connectivity index (χ1v) is 5.41. The van der Waals surface area contributed by atoms with Crippen LogP contribution in [0.1, 0.15) is 11.1 Å². The predicted octanol–water partition coefficient (Wildman–Crippen LogP) is 2.46. The predicted molar refractivity (Wildman–Crippen MR) is 65.9 cm³/mol. The van der Waals surface area contributed by atoms with Gasteiger partial charge in [0.15, 0.2) is 0 Å². The van der Waals surface area contributed by atoms with Gasteiger partial charge in [-0.25, -0.2) is 0 Å². The lowest BCUT2D eigenvalue weighted by molar-refractivity contribution is -0.0979. The number of rotatable bonds is 1. The molecule has 0 aliphatic rings. The molecule has 80 valence electrons. The Balaban J connectivity index is 0. The van der Waals surface area contributed by atoms with Gasteiger partial charge < -0.3 is 10.5 Å². The second-order valence-corrected chi connectivity index (χ2v) is 3.35. The summed E-state index contributed by atoms with van der Waals surface area (Å²) in [5.41, 5.74) is 7.72. The Morgan fingerprint density at radius 3 is 1.64 bits per heavy atom. The lowest BCUT2D eigenvalue weighted by atomic mass is 10.1. The Hall–Kier alpha value is -0.670. The highest BCUT2D eigenvalue weighted by Gasteiger charge is 1.83. The summed E-state index contributed by atoms with van der Waals surface area (Å²) in [5, 5.41) is 0.910. The lowest BCUT2D eigenvalue weighted by Gasteiger charge is -1.93. The van der Waals surface area contributed by atoms with Crippen LogP contribution >= 0.6 is 15.9 Å². The molecule has 0 saturated heterocycles. The zero-order valence-electron chi connectivity index (χ0n) is 8.79. The van der Waals surface area contributed by atoms with Gasteiger partial charge >= 0.3 is 0 Å². The minimum Gasteiger partial charge on any atom is -0.330 e. The van der Waals surface area contributed by atoms with Crippen molar-refractivity contribution >= 4 is 22.7 Å². The summed E-state index contributed by atoms with van der Waals surface area (Å²) in [5.74, 6) is 0. The lowest BCUT2D eigenvalue weighted by Crippen LogP contribution is -1.97. The number of halogens is 1. The summed E-state index contributed by atoms with van der Waals surface area (Å²) in [6.45, 7) is 6.98. The fourth-order valence-corrected chi connectivity index (χ4v) is 0.663. The van der Waals surface area contributed by atoms with Gasteiger partial charge in [0, 0.05) is 11.9 Å². The molecule has 0 fully saturated rings. The molecule has 0 bridgehead atoms. The van der Waals surface area contributed by atoms with E-state index in [1.165, 1.54) is 11.1 Å². The van der Waals surface area contributed by atoms with Crippen LogP contribution in [0.5, 0.6) is 0 Å². The minimum absolute atomic E-state index is 0.736. The highest BCUT2D eigenvalue weighted by Crippen LogP contribution is 2.02. The van der Waals surface area contributed by atoms with Crippen LogP contribution in [0.3, 0.4) is 0 Å². The minimum atomic E-state index is 0.736. The third-order valence-electron chi connectivity index (χ3n) is 1.53. The molecule has 3 heteroatoms. The molecule has 2 nitrogen and oxygen atoms in total. The summed E-state index contributed by atoms with van der Waals surface area (Å²) in [7, 11) is 0. The summed E-state index contributed by atoms with van der Waals surface area (Å²) < 4.78 is 0. The molecule has 1 rings (SSSR count). The first-order valence-electron chi connectivity index (χ1n) is 4.29. The largest absolute Gasteiger partial charge is 0.330 e. The van der Waals surface area contributed by atoms with E-state index in [0.717, 1.165) is 11.9 Å². The van der Waals surface area contributed by atoms with Crippen LogP contribution in [-0.4, -0.2) is 18.7 Å². The Morgan fingerprint density at radius 2 is 1.50 bits per heavy atom. The molecule has 1 aromatic rings. The van der Waals surface area contributed by atoms with E-state index in [2.05, 4.69) is 54.0 Å². The van der Waals surface area contributed by atoms with Gasteiger partial charge in [0.05, 0.1) is 0 Å². The van der Waals surface area contributed by atoms with Crippen molar-refractivity contribution in [2.75, 3.05) is 11.9 Å². The van der Waals surface area contributed by atoms with Crippen molar-refractivity contribution in [2.45, 2.75) is 13.8 Å². The molecular weight excluding hydrogens is 242 g/mol. The molecule has 0 aromatic heterocycles. The molecular formula is C11H18BrNO. The van der Waals surface area contributed by atoms with E-state index in [0.29, 0.717) is 0 Å². The average molecular weight is 260 g/mol. The normalized spacial score (nSPS) is 7.71. The van der Waals surface area contributed by atoms with Crippen molar-refractivity contribution in [3.63, 3.8) is 0 Å². The van der Waals surface area contributed by atoms with E-state index in [4.69, 9.17) is 10.5 Å². The Morgan fingerprint density at radius 1 is 1.21 bits per heavy atom. The van der Waals surface area contributed by atoms with Crippen molar-refractivity contribution in [1.29, 1.82) is 0 Å². The number of benzene rings is 1. The SMILES string of the molecule is C=O.Cc1ccccc1C.NCCBr. The van der Waals surface area contributed by atoms with E-state index in [1.807, 2.05) is 6.79 Å². The molecule has 2 N–H and O–H groups in total. The second kappa shape index (κ2) is 12.3. The fourth-order valence-electron chi connectivity index (χ4n) is 0.663. The van der Waals surface area contributed by atoms with Gasteiger partial charge in [-0.15, -0.1) is 0 Å². The van der Waals surface area contributed by atoms with Crippen LogP contribution in [0.4, 0.5) is 0 Å². The molecule has 0 aliphatic carbocycles. The standard InChI is InChI=1S/C8H10.C2H6BrN.CH2O/c1-7-5-3-4-6-8(7)2;3-1-2-4;1-2/h3-6H,1-2H3;1-2,4H2;1H2. The highest BCUT2D eigenvalue weighted by molar-refractivity contribution is 9.09. The van der Waals surface area contributed by atoms with Crippen LogP contribution in [0.15, 0.2) is 24.3 Å². The number of aryl methyl sites for hydroxylation is 2. The maximum Gasteiger partial charge on any atom is 0.106 e. The fraction of sp³-hybridized carbons (Fsp3) is 0.364. The van der Waals surface area contributed by atoms with Gasteiger partial charge in [0.25, 0.3) is 0 Å². The number of alkyl halides is 1. The van der Waals surface area contributed by atoms with Gasteiger partial charge in [-0.05, 0) is 25.0 Å². The molecule has 0 atom stereocenters. The third-order valence-corrected chi connectivity index (χ3v) is 1.99. The number of carbonyl (C=O) groups excluding carboxylic acids is 1. The maximum absolute atomic E-state index is 8.00. The molecule has 0 radical (unpaired) electrons. The Kier molecular flexibility index (Phi) is 13.9. The number of hydrogen-bond acceptors (Lipinski definition) is 2. The third kappa shape index (κ3) is 9.42. The van der Waals surface area contributed by atoms with Gasteiger partial charge in [-0.2, -0.15) is 0 Å². The van der Waals surface area contributed by atoms with Crippen molar-refractivity contribution in [3.8, 4) is 0 Å². The first kappa shape index (κ1) is 15.8. The van der Waals surface area contributed by atoms with Crippen molar-refractivity contribution in [1.82, 2.24) is 0 Å². The summed E-state index contributed by atoms with van der Waals surface area (Å²) in [4.78, 5) is 8.00. The Bertz CT molecular complexity index is 205. The molecule has 0 spiro atoms. The van der Waals surface area contributed by atoms with Gasteiger partial charge in [0.1, 0.15) is 6.79 Å². The smallest absolute Gasteiger partial charge is 0.106 e. The van der Waals surface area contributed by atoms with Crippen LogP contribution in [0.2, 0.25) is 0 Å². The van der Waals surface area contributed by atoms with Crippen molar-refractivity contribution in [3.05, 3.63) is 35.4 Å². The van der Waals surface area contributed by atoms with Crippen LogP contribution in [-0.2, 0) is 4.79 Å². The maximum atomic E-state index is 8.00.